The Morgan fingerprint density at radius 3 is 2.75 bits per heavy atom. The summed E-state index contributed by atoms with van der Waals surface area (Å²) in [6.45, 7) is 6.17. The fraction of sp³-hybridized carbons (Fsp3) is 0.632. The van der Waals surface area contributed by atoms with Crippen LogP contribution in [0.25, 0.3) is 0 Å². The second kappa shape index (κ2) is 9.16. The number of ether oxygens (including phenoxy) is 1. The lowest BCUT2D eigenvalue weighted by Crippen LogP contribution is -2.44. The number of nitrogens with one attached hydrogen (secondary N) is 2. The number of nitrogens with zero attached hydrogens (tertiary/aromatic N) is 1. The van der Waals surface area contributed by atoms with Gasteiger partial charge < -0.3 is 15.4 Å². The van der Waals surface area contributed by atoms with Crippen molar-refractivity contribution in [3.8, 4) is 0 Å². The van der Waals surface area contributed by atoms with Crippen LogP contribution in [0.4, 0.5) is 0 Å². The Hall–Kier alpha value is -1.43. The molecule has 2 N–H and O–H groups in total. The quantitative estimate of drug-likeness (QED) is 0.833. The van der Waals surface area contributed by atoms with E-state index in [9.17, 15) is 4.79 Å². The minimum Gasteiger partial charge on any atom is -0.378 e. The highest BCUT2D eigenvalue weighted by Gasteiger charge is 2.17. The SMILES string of the molecule is O=C(CC1COCCN1)NCc1ccccc1CN1CCCCC1. The van der Waals surface area contributed by atoms with Gasteiger partial charge in [0.1, 0.15) is 0 Å². The van der Waals surface area contributed by atoms with E-state index in [0.29, 0.717) is 19.6 Å². The molecule has 1 amide bonds. The van der Waals surface area contributed by atoms with Gasteiger partial charge in [0.2, 0.25) is 5.91 Å². The fourth-order valence-electron chi connectivity index (χ4n) is 3.48. The first-order valence-electron chi connectivity index (χ1n) is 9.18. The maximum absolute atomic E-state index is 12.2. The third kappa shape index (κ3) is 5.30. The van der Waals surface area contributed by atoms with E-state index in [2.05, 4.69) is 39.8 Å². The third-order valence-corrected chi connectivity index (χ3v) is 4.87. The lowest BCUT2D eigenvalue weighted by molar-refractivity contribution is -0.122. The summed E-state index contributed by atoms with van der Waals surface area (Å²) in [6, 6.07) is 8.60. The van der Waals surface area contributed by atoms with Crippen molar-refractivity contribution in [2.24, 2.45) is 0 Å². The molecule has 1 unspecified atom stereocenters. The smallest absolute Gasteiger partial charge is 0.221 e. The van der Waals surface area contributed by atoms with Gasteiger partial charge in [0.05, 0.1) is 13.2 Å². The number of rotatable bonds is 6. The number of morpholine rings is 1. The zero-order valence-electron chi connectivity index (χ0n) is 14.4. The van der Waals surface area contributed by atoms with Crippen molar-refractivity contribution in [1.82, 2.24) is 15.5 Å². The molecule has 0 aromatic heterocycles. The van der Waals surface area contributed by atoms with E-state index in [1.807, 2.05) is 0 Å². The Bertz CT molecular complexity index is 523. The molecule has 2 saturated heterocycles. The van der Waals surface area contributed by atoms with E-state index < -0.39 is 0 Å². The summed E-state index contributed by atoms with van der Waals surface area (Å²) in [4.78, 5) is 14.7. The summed E-state index contributed by atoms with van der Waals surface area (Å²) in [5.74, 6) is 0.0887. The van der Waals surface area contributed by atoms with Crippen molar-refractivity contribution in [2.45, 2.75) is 44.8 Å². The van der Waals surface area contributed by atoms with Crippen LogP contribution in [-0.4, -0.2) is 49.7 Å². The summed E-state index contributed by atoms with van der Waals surface area (Å²) in [5.41, 5.74) is 2.56. The molecule has 5 nitrogen and oxygen atoms in total. The van der Waals surface area contributed by atoms with Crippen LogP contribution in [0.5, 0.6) is 0 Å². The monoisotopic (exact) mass is 331 g/mol. The Balaban J connectivity index is 1.49. The Kier molecular flexibility index (Phi) is 6.64. The minimum atomic E-state index is 0.0887. The number of piperidine rings is 1. The predicted molar refractivity (Wildman–Crippen MR) is 94.6 cm³/mol. The molecule has 2 aliphatic rings. The summed E-state index contributed by atoms with van der Waals surface area (Å²) in [5, 5.41) is 6.39. The largest absolute Gasteiger partial charge is 0.378 e. The van der Waals surface area contributed by atoms with Crippen LogP contribution >= 0.6 is 0 Å². The van der Waals surface area contributed by atoms with Crippen molar-refractivity contribution >= 4 is 5.91 Å². The highest BCUT2D eigenvalue weighted by Crippen LogP contribution is 2.16. The maximum Gasteiger partial charge on any atom is 0.221 e. The first kappa shape index (κ1) is 17.4. The number of carbonyl (C=O) groups excluding carboxylic acids is 1. The molecular formula is C19H29N3O2. The molecule has 2 fully saturated rings. The Morgan fingerprint density at radius 2 is 2.00 bits per heavy atom. The molecule has 1 aromatic carbocycles. The van der Waals surface area contributed by atoms with Gasteiger partial charge in [-0.25, -0.2) is 0 Å². The maximum atomic E-state index is 12.2. The number of likely N-dealkylation sites (tertiary alicyclic amines) is 1. The molecule has 1 atom stereocenters. The van der Waals surface area contributed by atoms with Crippen molar-refractivity contribution in [1.29, 1.82) is 0 Å². The summed E-state index contributed by atoms with van der Waals surface area (Å²) < 4.78 is 5.40. The molecule has 0 saturated carbocycles. The van der Waals surface area contributed by atoms with E-state index in [1.165, 1.54) is 43.5 Å². The Labute approximate surface area is 144 Å². The zero-order valence-corrected chi connectivity index (χ0v) is 14.4. The second-order valence-electron chi connectivity index (χ2n) is 6.81. The number of hydrogen-bond donors (Lipinski definition) is 2. The van der Waals surface area contributed by atoms with Crippen LogP contribution in [0.15, 0.2) is 24.3 Å². The fourth-order valence-corrected chi connectivity index (χ4v) is 3.48. The summed E-state index contributed by atoms with van der Waals surface area (Å²) >= 11 is 0. The van der Waals surface area contributed by atoms with Crippen LogP contribution in [0.3, 0.4) is 0 Å². The molecule has 5 heteroatoms. The van der Waals surface area contributed by atoms with Gasteiger partial charge in [-0.15, -0.1) is 0 Å². The normalized spacial score (nSPS) is 22.2. The van der Waals surface area contributed by atoms with Gasteiger partial charge >= 0.3 is 0 Å². The highest BCUT2D eigenvalue weighted by atomic mass is 16.5. The number of carbonyl (C=O) groups is 1. The van der Waals surface area contributed by atoms with Crippen LogP contribution in [0.2, 0.25) is 0 Å². The van der Waals surface area contributed by atoms with Crippen LogP contribution in [0, 0.1) is 0 Å². The number of benzene rings is 1. The molecule has 3 rings (SSSR count). The third-order valence-electron chi connectivity index (χ3n) is 4.87. The first-order valence-corrected chi connectivity index (χ1v) is 9.18. The van der Waals surface area contributed by atoms with Crippen molar-refractivity contribution in [3.63, 3.8) is 0 Å². The second-order valence-corrected chi connectivity index (χ2v) is 6.81. The van der Waals surface area contributed by atoms with E-state index in [1.54, 1.807) is 0 Å². The number of hydrogen-bond acceptors (Lipinski definition) is 4. The van der Waals surface area contributed by atoms with E-state index in [4.69, 9.17) is 4.74 Å². The summed E-state index contributed by atoms with van der Waals surface area (Å²) in [7, 11) is 0. The average molecular weight is 331 g/mol. The topological polar surface area (TPSA) is 53.6 Å². The zero-order chi connectivity index (χ0) is 16.6. The molecule has 2 heterocycles. The van der Waals surface area contributed by atoms with Crippen LogP contribution in [-0.2, 0) is 22.6 Å². The van der Waals surface area contributed by atoms with Gasteiger partial charge in [0, 0.05) is 32.1 Å². The van der Waals surface area contributed by atoms with Crippen molar-refractivity contribution < 1.29 is 9.53 Å². The molecule has 1 aromatic rings. The Morgan fingerprint density at radius 1 is 1.21 bits per heavy atom. The lowest BCUT2D eigenvalue weighted by atomic mass is 10.0. The average Bonchev–Trinajstić information content (AvgIpc) is 2.63. The van der Waals surface area contributed by atoms with Gasteiger partial charge in [-0.3, -0.25) is 9.69 Å². The van der Waals surface area contributed by atoms with E-state index in [-0.39, 0.29) is 11.9 Å². The first-order chi connectivity index (χ1) is 11.8. The van der Waals surface area contributed by atoms with Gasteiger partial charge in [-0.05, 0) is 37.1 Å². The molecule has 24 heavy (non-hydrogen) atoms. The number of amides is 1. The molecule has 0 radical (unpaired) electrons. The van der Waals surface area contributed by atoms with Crippen molar-refractivity contribution in [2.75, 3.05) is 32.8 Å². The van der Waals surface area contributed by atoms with Gasteiger partial charge in [0.25, 0.3) is 0 Å². The summed E-state index contributed by atoms with van der Waals surface area (Å²) in [6.07, 6.45) is 4.44. The highest BCUT2D eigenvalue weighted by molar-refractivity contribution is 5.76. The molecule has 0 spiro atoms. The molecule has 0 bridgehead atoms. The van der Waals surface area contributed by atoms with Gasteiger partial charge in [0.15, 0.2) is 0 Å². The van der Waals surface area contributed by atoms with Gasteiger partial charge in [-0.2, -0.15) is 0 Å². The van der Waals surface area contributed by atoms with E-state index in [0.717, 1.165) is 19.7 Å². The van der Waals surface area contributed by atoms with Crippen LogP contribution in [0.1, 0.15) is 36.8 Å². The van der Waals surface area contributed by atoms with Gasteiger partial charge in [-0.1, -0.05) is 30.7 Å². The molecular weight excluding hydrogens is 302 g/mol. The predicted octanol–water partition coefficient (Wildman–Crippen LogP) is 1.67. The molecule has 0 aliphatic carbocycles. The van der Waals surface area contributed by atoms with Crippen LogP contribution < -0.4 is 10.6 Å². The molecule has 132 valence electrons. The standard InChI is InChI=1S/C19H29N3O2/c23-19(12-18-15-24-11-8-20-18)21-13-16-6-2-3-7-17(16)14-22-9-4-1-5-10-22/h2-3,6-7,18,20H,1,4-5,8-15H2,(H,21,23). The molecule has 2 aliphatic heterocycles. The van der Waals surface area contributed by atoms with Crippen molar-refractivity contribution in [3.05, 3.63) is 35.4 Å². The van der Waals surface area contributed by atoms with E-state index >= 15 is 0 Å². The minimum absolute atomic E-state index is 0.0887. The lowest BCUT2D eigenvalue weighted by Gasteiger charge is -2.27.